The Labute approximate surface area is 62.0 Å². The fourth-order valence-electron chi connectivity index (χ4n) is 0.685. The normalized spacial score (nSPS) is 17.9. The van der Waals surface area contributed by atoms with Gasteiger partial charge in [-0.2, -0.15) is 14.5 Å². The first-order valence-electron chi connectivity index (χ1n) is 2.78. The van der Waals surface area contributed by atoms with Gasteiger partial charge in [0.05, 0.1) is 0 Å². The predicted octanol–water partition coefficient (Wildman–Crippen LogP) is 0.140. The lowest BCUT2D eigenvalue weighted by Crippen LogP contribution is -2.09. The summed E-state index contributed by atoms with van der Waals surface area (Å²) in [6.07, 6.45) is 5.00. The van der Waals surface area contributed by atoms with Gasteiger partial charge in [-0.05, 0) is 0 Å². The molecule has 0 aromatic heterocycles. The van der Waals surface area contributed by atoms with Crippen LogP contribution in [-0.4, -0.2) is 22.5 Å². The van der Waals surface area contributed by atoms with Crippen LogP contribution in [0.15, 0.2) is 22.8 Å². The molecule has 0 amide bonds. The summed E-state index contributed by atoms with van der Waals surface area (Å²) in [6.45, 7) is 0. The van der Waals surface area contributed by atoms with Gasteiger partial charge in [0.25, 0.3) is 10.1 Å². The van der Waals surface area contributed by atoms with E-state index in [1.807, 2.05) is 6.08 Å². The Kier molecular flexibility index (Phi) is 2.07. The zero-order valence-corrected chi connectivity index (χ0v) is 7.16. The van der Waals surface area contributed by atoms with Crippen LogP contribution < -0.4 is 0 Å². The van der Waals surface area contributed by atoms with Crippen LogP contribution in [0.4, 0.5) is 0 Å². The molecule has 0 aromatic rings. The van der Waals surface area contributed by atoms with Crippen molar-refractivity contribution in [1.29, 1.82) is 0 Å². The van der Waals surface area contributed by atoms with Gasteiger partial charge in [-0.15, -0.1) is 6.08 Å². The molecule has 0 fully saturated rings. The monoisotopic (exact) mass is 175 g/mol. The van der Waals surface area contributed by atoms with Gasteiger partial charge in [0.15, 0.2) is 0 Å². The van der Waals surface area contributed by atoms with E-state index in [0.29, 0.717) is 0 Å². The molecule has 3 nitrogen and oxygen atoms in total. The van der Waals surface area contributed by atoms with Crippen LogP contribution in [0.5, 0.6) is 0 Å². The largest absolute Gasteiger partial charge is 0.284 e. The highest BCUT2D eigenvalue weighted by Crippen LogP contribution is 2.08. The molecule has 56 valence electrons. The van der Waals surface area contributed by atoms with Crippen molar-refractivity contribution in [2.24, 2.45) is 0 Å². The van der Waals surface area contributed by atoms with Crippen LogP contribution in [0, 0.1) is 0 Å². The van der Waals surface area contributed by atoms with Gasteiger partial charge >= 0.3 is 0 Å². The Hall–Kier alpha value is -0.393. The minimum atomic E-state index is -3.88. The Morgan fingerprint density at radius 2 is 2.30 bits per heavy atom. The second-order valence-corrected chi connectivity index (χ2v) is 5.25. The molecule has 0 saturated carbocycles. The molecule has 1 aliphatic rings. The van der Waals surface area contributed by atoms with Gasteiger partial charge in [-0.25, -0.2) is 0 Å². The fourth-order valence-corrected chi connectivity index (χ4v) is 2.84. The zero-order chi connectivity index (χ0) is 7.61. The van der Waals surface area contributed by atoms with Gasteiger partial charge in [0, 0.05) is 0 Å². The van der Waals surface area contributed by atoms with Crippen LogP contribution in [0.2, 0.25) is 6.04 Å². The van der Waals surface area contributed by atoms with Gasteiger partial charge in [0.1, 0.15) is 0 Å². The first kappa shape index (κ1) is 7.71. The van der Waals surface area contributed by atoms with Crippen LogP contribution in [0.1, 0.15) is 0 Å². The van der Waals surface area contributed by atoms with Gasteiger partial charge in [-0.1, -0.05) is 16.7 Å². The number of hydrogen-bond donors (Lipinski definition) is 1. The van der Waals surface area contributed by atoms with Gasteiger partial charge < -0.3 is 0 Å². The Balaban J connectivity index is 2.93. The average Bonchev–Trinajstić information content (AvgIpc) is 1.88. The smallest absolute Gasteiger partial charge is 0.257 e. The molecular weight excluding hydrogens is 168 g/mol. The molecule has 1 N–H and O–H groups in total. The molecule has 5 heteroatoms. The summed E-state index contributed by atoms with van der Waals surface area (Å²) >= 11 is 0. The van der Waals surface area contributed by atoms with E-state index < -0.39 is 10.1 Å². The first-order chi connectivity index (χ1) is 4.61. The van der Waals surface area contributed by atoms with E-state index in [9.17, 15) is 8.42 Å². The van der Waals surface area contributed by atoms with Crippen molar-refractivity contribution in [2.45, 2.75) is 6.04 Å². The second kappa shape index (κ2) is 2.69. The lowest BCUT2D eigenvalue weighted by Gasteiger charge is -2.14. The second-order valence-electron chi connectivity index (χ2n) is 1.91. The topological polar surface area (TPSA) is 54.4 Å². The standard InChI is InChI=1S/C5H7O3SSi/c6-9(7,8)5-3-1-2-4-10-5/h1-3,10H,4H2,(H,6,7,8)/q-1. The minimum absolute atomic E-state index is 0.190. The summed E-state index contributed by atoms with van der Waals surface area (Å²) in [4.78, 5) is 0. The molecule has 0 atom stereocenters. The van der Waals surface area contributed by atoms with Crippen LogP contribution in [0.3, 0.4) is 0 Å². The van der Waals surface area contributed by atoms with E-state index in [-0.39, 0.29) is 14.0 Å². The van der Waals surface area contributed by atoms with Crippen molar-refractivity contribution >= 4 is 19.6 Å². The van der Waals surface area contributed by atoms with Crippen molar-refractivity contribution in [3.8, 4) is 0 Å². The maximum absolute atomic E-state index is 10.5. The van der Waals surface area contributed by atoms with Crippen LogP contribution in [-0.2, 0) is 10.1 Å². The molecule has 0 unspecified atom stereocenters. The highest BCUT2D eigenvalue weighted by Gasteiger charge is 2.03. The summed E-state index contributed by atoms with van der Waals surface area (Å²) in [7, 11) is -4.16. The lowest BCUT2D eigenvalue weighted by molar-refractivity contribution is 0.493. The molecule has 0 aliphatic carbocycles. The molecule has 0 radical (unpaired) electrons. The Morgan fingerprint density at radius 3 is 2.60 bits per heavy atom. The number of hydrogen-bond acceptors (Lipinski definition) is 2. The van der Waals surface area contributed by atoms with Crippen LogP contribution in [0.25, 0.3) is 0 Å². The summed E-state index contributed by atoms with van der Waals surface area (Å²) < 4.78 is 29.6. The molecule has 0 spiro atoms. The molecule has 1 aliphatic heterocycles. The van der Waals surface area contributed by atoms with E-state index in [4.69, 9.17) is 4.55 Å². The Morgan fingerprint density at radius 1 is 1.60 bits per heavy atom. The van der Waals surface area contributed by atoms with Gasteiger partial charge in [0.2, 0.25) is 0 Å². The molecule has 0 saturated heterocycles. The highest BCUT2D eigenvalue weighted by atomic mass is 32.2. The molecule has 10 heavy (non-hydrogen) atoms. The maximum atomic E-state index is 10.5. The van der Waals surface area contributed by atoms with Gasteiger partial charge in [-0.3, -0.25) is 14.1 Å². The van der Waals surface area contributed by atoms with E-state index in [1.165, 1.54) is 6.08 Å². The van der Waals surface area contributed by atoms with Crippen molar-refractivity contribution in [3.05, 3.63) is 22.8 Å². The van der Waals surface area contributed by atoms with E-state index in [0.717, 1.165) is 6.04 Å². The van der Waals surface area contributed by atoms with Crippen molar-refractivity contribution < 1.29 is 13.0 Å². The SMILES string of the molecule is O=S(=O)(O)C1=CC=CC[SiH-]1. The van der Waals surface area contributed by atoms with Crippen molar-refractivity contribution in [1.82, 2.24) is 0 Å². The maximum Gasteiger partial charge on any atom is 0.257 e. The molecular formula is C5H7O3SSi-. The predicted molar refractivity (Wildman–Crippen MR) is 40.7 cm³/mol. The molecule has 0 bridgehead atoms. The molecule has 0 aromatic carbocycles. The Bertz CT molecular complexity index is 275. The first-order valence-corrected chi connectivity index (χ1v) is 5.61. The van der Waals surface area contributed by atoms with E-state index in [2.05, 4.69) is 0 Å². The summed E-state index contributed by atoms with van der Waals surface area (Å²) in [5, 5.41) is 0. The van der Waals surface area contributed by atoms with E-state index >= 15 is 0 Å². The third kappa shape index (κ3) is 1.79. The van der Waals surface area contributed by atoms with Crippen LogP contribution >= 0.6 is 0 Å². The third-order valence-electron chi connectivity index (χ3n) is 1.15. The highest BCUT2D eigenvalue weighted by molar-refractivity contribution is 7.91. The minimum Gasteiger partial charge on any atom is -0.284 e. The van der Waals surface area contributed by atoms with Crippen molar-refractivity contribution in [2.75, 3.05) is 0 Å². The van der Waals surface area contributed by atoms with E-state index in [1.54, 1.807) is 6.08 Å². The summed E-state index contributed by atoms with van der Waals surface area (Å²) in [5.74, 6) is 0. The zero-order valence-electron chi connectivity index (χ0n) is 5.19. The molecule has 1 heterocycles. The number of rotatable bonds is 1. The average molecular weight is 175 g/mol. The molecule has 1 rings (SSSR count). The fraction of sp³-hybridized carbons (Fsp3) is 0.200. The third-order valence-corrected chi connectivity index (χ3v) is 4.38. The lowest BCUT2D eigenvalue weighted by atomic mass is 10.5. The quantitative estimate of drug-likeness (QED) is 0.455. The number of allylic oxidation sites excluding steroid dienone is 3. The summed E-state index contributed by atoms with van der Waals surface area (Å²) in [6, 6.07) is 0.769. The summed E-state index contributed by atoms with van der Waals surface area (Å²) in [5.41, 5.74) is 0. The van der Waals surface area contributed by atoms with Crippen molar-refractivity contribution in [3.63, 3.8) is 0 Å².